The van der Waals surface area contributed by atoms with Crippen molar-refractivity contribution in [2.75, 3.05) is 7.11 Å². The van der Waals surface area contributed by atoms with E-state index in [9.17, 15) is 18.7 Å². The van der Waals surface area contributed by atoms with Crippen LogP contribution in [0.3, 0.4) is 0 Å². The van der Waals surface area contributed by atoms with Gasteiger partial charge in [-0.3, -0.25) is 4.79 Å². The van der Waals surface area contributed by atoms with Crippen LogP contribution < -0.4 is 8.92 Å². The summed E-state index contributed by atoms with van der Waals surface area (Å²) in [5.41, 5.74) is 10.4. The van der Waals surface area contributed by atoms with Crippen molar-refractivity contribution < 1.29 is 26.9 Å². The number of allylic oxidation sites excluding steroid dienone is 1. The molecule has 0 saturated heterocycles. The lowest BCUT2D eigenvalue weighted by Gasteiger charge is -2.18. The van der Waals surface area contributed by atoms with Crippen LogP contribution in [0.4, 0.5) is 0 Å². The Morgan fingerprint density at radius 3 is 1.88 bits per heavy atom. The van der Waals surface area contributed by atoms with Gasteiger partial charge < -0.3 is 14.5 Å². The average molecular weight is 570 g/mol. The molecular formula is C31H25N2O5S2+. The number of methoxy groups -OCH3 is 1. The van der Waals surface area contributed by atoms with Gasteiger partial charge in [0.15, 0.2) is 14.7 Å². The first kappa shape index (κ1) is 27.1. The van der Waals surface area contributed by atoms with E-state index in [0.717, 1.165) is 20.8 Å². The third-order valence-electron chi connectivity index (χ3n) is 6.43. The second-order valence-corrected chi connectivity index (χ2v) is 12.6. The highest BCUT2D eigenvalue weighted by Gasteiger charge is 2.38. The number of Topliss-reactive ketones (excluding diaryl/α,β-unsaturated/α-hetero) is 1. The Bertz CT molecular complexity index is 1750. The average Bonchev–Trinajstić information content (AvgIpc) is 2.96. The predicted molar refractivity (Wildman–Crippen MR) is 154 cm³/mol. The Morgan fingerprint density at radius 2 is 1.35 bits per heavy atom. The predicted octanol–water partition coefficient (Wildman–Crippen LogP) is 6.02. The Kier molecular flexibility index (Phi) is 7.45. The van der Waals surface area contributed by atoms with Crippen molar-refractivity contribution in [3.8, 4) is 11.5 Å². The second kappa shape index (κ2) is 11.0. The third kappa shape index (κ3) is 5.10. The molecule has 1 aliphatic carbocycles. The Morgan fingerprint density at radius 1 is 0.775 bits per heavy atom. The van der Waals surface area contributed by atoms with Gasteiger partial charge in [0, 0.05) is 23.3 Å². The van der Waals surface area contributed by atoms with Crippen molar-refractivity contribution in [3.05, 3.63) is 125 Å². The molecule has 0 aliphatic heterocycles. The lowest BCUT2D eigenvalue weighted by Crippen LogP contribution is -2.24. The molecule has 0 unspecified atom stereocenters. The molecule has 0 fully saturated rings. The van der Waals surface area contributed by atoms with Gasteiger partial charge in [-0.1, -0.05) is 36.4 Å². The molecule has 0 amide bonds. The molecule has 7 nitrogen and oxygen atoms in total. The van der Waals surface area contributed by atoms with E-state index in [1.165, 1.54) is 25.3 Å². The van der Waals surface area contributed by atoms with Crippen LogP contribution in [-0.2, 0) is 21.0 Å². The summed E-state index contributed by atoms with van der Waals surface area (Å²) >= 11 is 0. The molecule has 0 saturated carbocycles. The van der Waals surface area contributed by atoms with Gasteiger partial charge in [0.25, 0.3) is 5.78 Å². The number of ketones is 1. The maximum Gasteiger partial charge on any atom is 0.364 e. The smallest absolute Gasteiger partial charge is 0.364 e. The third-order valence-corrected chi connectivity index (χ3v) is 9.89. The number of fused-ring (bicyclic) bond motifs is 1. The monoisotopic (exact) mass is 569 g/mol. The first-order valence-corrected chi connectivity index (χ1v) is 14.9. The molecule has 0 N–H and O–H groups in total. The van der Waals surface area contributed by atoms with E-state index in [1.54, 1.807) is 13.8 Å². The molecule has 0 radical (unpaired) electrons. The van der Waals surface area contributed by atoms with Crippen molar-refractivity contribution in [2.24, 2.45) is 0 Å². The summed E-state index contributed by atoms with van der Waals surface area (Å²) in [5.74, 6) is -0.0505. The van der Waals surface area contributed by atoms with Crippen LogP contribution in [-0.4, -0.2) is 31.8 Å². The molecular weight excluding hydrogens is 544 g/mol. The molecule has 5 rings (SSSR count). The highest BCUT2D eigenvalue weighted by Crippen LogP contribution is 2.38. The van der Waals surface area contributed by atoms with Crippen LogP contribution in [0.2, 0.25) is 0 Å². The standard InChI is InChI=1S/C31H25N2O5S2/c1-20-16-25(39(23-10-6-4-7-11-23)24-12-8-5-9-13-24)17-21(2)31(20)38-40(35,36)29-19-28(33-32)30(34)26-15-14-22(37-3)18-27(26)29/h4-19H,1-3H3/q+1. The van der Waals surface area contributed by atoms with E-state index < -0.39 is 32.5 Å². The molecule has 0 atom stereocenters. The fraction of sp³-hybridized carbons (Fsp3) is 0.0968. The van der Waals surface area contributed by atoms with E-state index in [2.05, 4.69) is 29.1 Å². The minimum atomic E-state index is -4.46. The number of benzene rings is 4. The van der Waals surface area contributed by atoms with Crippen molar-refractivity contribution in [2.45, 2.75) is 28.5 Å². The van der Waals surface area contributed by atoms with Crippen LogP contribution in [0.25, 0.3) is 10.4 Å². The zero-order valence-corrected chi connectivity index (χ0v) is 23.6. The van der Waals surface area contributed by atoms with Gasteiger partial charge in [0.2, 0.25) is 0 Å². The first-order chi connectivity index (χ1) is 19.2. The van der Waals surface area contributed by atoms with Crippen molar-refractivity contribution in [1.82, 2.24) is 0 Å². The van der Waals surface area contributed by atoms with E-state index in [4.69, 9.17) is 8.92 Å². The van der Waals surface area contributed by atoms with Gasteiger partial charge in [-0.15, -0.1) is 0 Å². The number of hydrogen-bond donors (Lipinski definition) is 0. The quantitative estimate of drug-likeness (QED) is 0.117. The second-order valence-electron chi connectivity index (χ2n) is 9.09. The minimum Gasteiger partial charge on any atom is -0.497 e. The maximum absolute atomic E-state index is 13.7. The molecule has 0 heterocycles. The van der Waals surface area contributed by atoms with Gasteiger partial charge in [0.1, 0.15) is 16.4 Å². The lowest BCUT2D eigenvalue weighted by atomic mass is 9.94. The topological polar surface area (TPSA) is 106 Å². The number of aryl methyl sites for hydroxylation is 2. The summed E-state index contributed by atoms with van der Waals surface area (Å²) < 4.78 is 38.3. The van der Waals surface area contributed by atoms with Crippen LogP contribution in [0.5, 0.6) is 11.5 Å². The summed E-state index contributed by atoms with van der Waals surface area (Å²) in [6, 6.07) is 28.6. The Hall–Kier alpha value is -4.43. The minimum absolute atomic E-state index is 0.0665. The van der Waals surface area contributed by atoms with E-state index in [1.807, 2.05) is 48.5 Å². The van der Waals surface area contributed by atoms with Gasteiger partial charge in [0.05, 0.1) is 24.1 Å². The fourth-order valence-corrected chi connectivity index (χ4v) is 8.11. The summed E-state index contributed by atoms with van der Waals surface area (Å²) in [6.45, 7) is 3.60. The van der Waals surface area contributed by atoms with E-state index in [-0.39, 0.29) is 21.8 Å². The molecule has 0 bridgehead atoms. The van der Waals surface area contributed by atoms with Gasteiger partial charge in [-0.2, -0.15) is 13.2 Å². The summed E-state index contributed by atoms with van der Waals surface area (Å²) in [5, 5.41) is 0. The van der Waals surface area contributed by atoms with E-state index in [0.29, 0.717) is 16.9 Å². The SMILES string of the molecule is COc1ccc2c(c1)C(S(=O)(=O)Oc1c(C)cc([S+](c3ccccc3)c3ccccc3)cc1C)=CC(=[N+]=[N-])C2=O. The van der Waals surface area contributed by atoms with Crippen molar-refractivity contribution in [3.63, 3.8) is 0 Å². The van der Waals surface area contributed by atoms with Crippen molar-refractivity contribution >= 4 is 37.4 Å². The number of rotatable bonds is 7. The fourth-order valence-electron chi connectivity index (χ4n) is 4.57. The normalized spacial score (nSPS) is 12.9. The molecule has 0 aromatic heterocycles. The number of nitrogens with zero attached hydrogens (tertiary/aromatic N) is 2. The van der Waals surface area contributed by atoms with Crippen LogP contribution in [0, 0.1) is 13.8 Å². The molecule has 4 aromatic carbocycles. The van der Waals surface area contributed by atoms with Gasteiger partial charge >= 0.3 is 15.8 Å². The number of hydrogen-bond acceptors (Lipinski definition) is 5. The van der Waals surface area contributed by atoms with Crippen LogP contribution in [0.15, 0.2) is 112 Å². The zero-order valence-electron chi connectivity index (χ0n) is 22.0. The largest absolute Gasteiger partial charge is 0.497 e. The molecule has 9 heteroatoms. The van der Waals surface area contributed by atoms with Gasteiger partial charge in [-0.25, -0.2) is 0 Å². The molecule has 40 heavy (non-hydrogen) atoms. The molecule has 200 valence electrons. The summed E-state index contributed by atoms with van der Waals surface area (Å²) in [4.78, 5) is 18.7. The molecule has 0 spiro atoms. The number of carbonyl (C=O) groups is 1. The summed E-state index contributed by atoms with van der Waals surface area (Å²) in [7, 11) is -3.45. The molecule has 4 aromatic rings. The lowest BCUT2D eigenvalue weighted by molar-refractivity contribution is -0.00437. The van der Waals surface area contributed by atoms with Crippen LogP contribution in [0.1, 0.15) is 27.0 Å². The first-order valence-electron chi connectivity index (χ1n) is 12.3. The zero-order chi connectivity index (χ0) is 28.4. The van der Waals surface area contributed by atoms with Crippen LogP contribution >= 0.6 is 0 Å². The van der Waals surface area contributed by atoms with Crippen molar-refractivity contribution in [1.29, 1.82) is 0 Å². The van der Waals surface area contributed by atoms with Gasteiger partial charge in [-0.05, 0) is 67.4 Å². The number of carbonyl (C=O) groups excluding carboxylic acids is 1. The highest BCUT2D eigenvalue weighted by atomic mass is 32.2. The van der Waals surface area contributed by atoms with E-state index >= 15 is 0 Å². The summed E-state index contributed by atoms with van der Waals surface area (Å²) in [6.07, 6.45) is 1.01. The molecule has 1 aliphatic rings. The highest BCUT2D eigenvalue weighted by molar-refractivity contribution is 7.97. The Balaban J connectivity index is 1.58. The maximum atomic E-state index is 13.7. The number of ether oxygens (including phenoxy) is 1. The Labute approximate surface area is 235 Å².